The van der Waals surface area contributed by atoms with Crippen LogP contribution in [0.4, 0.5) is 30.2 Å². The van der Waals surface area contributed by atoms with Crippen LogP contribution in [0.3, 0.4) is 0 Å². The van der Waals surface area contributed by atoms with Gasteiger partial charge < -0.3 is 20.9 Å². The highest BCUT2D eigenvalue weighted by atomic mass is 32.1. The quantitative estimate of drug-likeness (QED) is 0.365. The summed E-state index contributed by atoms with van der Waals surface area (Å²) in [6, 6.07) is 11.0. The Labute approximate surface area is 204 Å². The zero-order valence-electron chi connectivity index (χ0n) is 18.4. The highest BCUT2D eigenvalue weighted by Crippen LogP contribution is 2.38. The molecule has 0 spiro atoms. The fourth-order valence-corrected chi connectivity index (χ4v) is 3.88. The summed E-state index contributed by atoms with van der Waals surface area (Å²) in [6.45, 7) is 0.687. The molecule has 34 heavy (non-hydrogen) atoms. The second-order valence-corrected chi connectivity index (χ2v) is 8.66. The van der Waals surface area contributed by atoms with Gasteiger partial charge in [-0.05, 0) is 93.1 Å². The van der Waals surface area contributed by atoms with Gasteiger partial charge in [0.1, 0.15) is 0 Å². The Hall–Kier alpha value is -3.09. The number of nitrogens with one attached hydrogen (secondary N) is 3. The summed E-state index contributed by atoms with van der Waals surface area (Å²) in [5, 5.41) is 13.5. The van der Waals surface area contributed by atoms with Crippen LogP contribution in [0.2, 0.25) is 0 Å². The van der Waals surface area contributed by atoms with Gasteiger partial charge in [0.2, 0.25) is 0 Å². The number of amides is 1. The lowest BCUT2D eigenvalue weighted by Crippen LogP contribution is -2.23. The first kappa shape index (κ1) is 25.5. The van der Waals surface area contributed by atoms with Crippen molar-refractivity contribution in [1.29, 1.82) is 0 Å². The third-order valence-corrected chi connectivity index (χ3v) is 5.44. The number of carbonyl (C=O) groups is 1. The zero-order valence-corrected chi connectivity index (χ0v) is 20.1. The Kier molecular flexibility index (Phi) is 8.53. The SMILES string of the molecule is CN(C)CCCc1cccc(NC(=S)Nc2ccc(NC(=O)c3csnn3)cc2)c1C(F)(F)F. The fourth-order valence-electron chi connectivity index (χ4n) is 3.21. The van der Waals surface area contributed by atoms with E-state index in [2.05, 4.69) is 25.5 Å². The molecule has 0 atom stereocenters. The molecule has 0 aliphatic rings. The van der Waals surface area contributed by atoms with Gasteiger partial charge in [0, 0.05) is 16.8 Å². The molecular formula is C22H23F3N6OS2. The molecule has 12 heteroatoms. The van der Waals surface area contributed by atoms with Crippen LogP contribution >= 0.6 is 23.8 Å². The molecule has 3 N–H and O–H groups in total. The maximum absolute atomic E-state index is 13.9. The van der Waals surface area contributed by atoms with Crippen LogP contribution in [0.1, 0.15) is 28.0 Å². The molecule has 180 valence electrons. The van der Waals surface area contributed by atoms with Crippen LogP contribution in [0, 0.1) is 0 Å². The number of aryl methyl sites for hydroxylation is 1. The van der Waals surface area contributed by atoms with Crippen molar-refractivity contribution in [2.45, 2.75) is 19.0 Å². The Morgan fingerprint density at radius 2 is 1.74 bits per heavy atom. The third kappa shape index (κ3) is 7.20. The summed E-state index contributed by atoms with van der Waals surface area (Å²) in [5.41, 5.74) is 0.675. The largest absolute Gasteiger partial charge is 0.418 e. The van der Waals surface area contributed by atoms with Crippen molar-refractivity contribution >= 4 is 51.8 Å². The molecule has 0 bridgehead atoms. The molecule has 1 heterocycles. The summed E-state index contributed by atoms with van der Waals surface area (Å²) in [7, 11) is 3.76. The third-order valence-electron chi connectivity index (χ3n) is 4.73. The van der Waals surface area contributed by atoms with E-state index >= 15 is 0 Å². The van der Waals surface area contributed by atoms with Crippen molar-refractivity contribution in [3.63, 3.8) is 0 Å². The number of benzene rings is 2. The fraction of sp³-hybridized carbons (Fsp3) is 0.273. The lowest BCUT2D eigenvalue weighted by molar-refractivity contribution is -0.137. The van der Waals surface area contributed by atoms with E-state index in [1.54, 1.807) is 30.3 Å². The molecule has 0 fully saturated rings. The normalized spacial score (nSPS) is 11.4. The molecule has 0 radical (unpaired) electrons. The predicted molar refractivity (Wildman–Crippen MR) is 132 cm³/mol. The summed E-state index contributed by atoms with van der Waals surface area (Å²) < 4.78 is 45.2. The van der Waals surface area contributed by atoms with E-state index in [0.29, 0.717) is 30.8 Å². The molecule has 2 aromatic carbocycles. The Morgan fingerprint density at radius 1 is 1.06 bits per heavy atom. The van der Waals surface area contributed by atoms with Crippen LogP contribution < -0.4 is 16.0 Å². The molecule has 3 rings (SSSR count). The molecule has 0 saturated carbocycles. The zero-order chi connectivity index (χ0) is 24.7. The van der Waals surface area contributed by atoms with Gasteiger partial charge in [-0.3, -0.25) is 4.79 Å². The number of rotatable bonds is 8. The number of thiocarbonyl (C=S) groups is 1. The van der Waals surface area contributed by atoms with Crippen molar-refractivity contribution < 1.29 is 18.0 Å². The molecule has 7 nitrogen and oxygen atoms in total. The minimum Gasteiger partial charge on any atom is -0.332 e. The van der Waals surface area contributed by atoms with E-state index < -0.39 is 17.6 Å². The standard InChI is InChI=1S/C22H23F3N6OS2/c1-31(2)12-4-6-14-5-3-7-17(19(14)22(23,24)25)28-21(33)27-16-10-8-15(9-11-16)26-20(32)18-13-34-30-29-18/h3,5,7-11,13H,4,6,12H2,1-2H3,(H,26,32)(H2,27,28,33). The number of halogens is 3. The topological polar surface area (TPSA) is 82.2 Å². The average molecular weight is 509 g/mol. The van der Waals surface area contributed by atoms with Crippen LogP contribution in [-0.4, -0.2) is 46.1 Å². The maximum Gasteiger partial charge on any atom is 0.418 e. The number of aromatic nitrogens is 2. The maximum atomic E-state index is 13.9. The first-order valence-electron chi connectivity index (χ1n) is 10.2. The van der Waals surface area contributed by atoms with Gasteiger partial charge in [-0.1, -0.05) is 16.6 Å². The summed E-state index contributed by atoms with van der Waals surface area (Å²) in [5.74, 6) is -0.392. The Bertz CT molecular complexity index is 1120. The van der Waals surface area contributed by atoms with Gasteiger partial charge in [0.15, 0.2) is 10.8 Å². The minimum atomic E-state index is -4.53. The van der Waals surface area contributed by atoms with E-state index in [9.17, 15) is 18.0 Å². The van der Waals surface area contributed by atoms with E-state index in [1.807, 2.05) is 19.0 Å². The Morgan fingerprint density at radius 3 is 2.32 bits per heavy atom. The molecule has 1 amide bonds. The smallest absolute Gasteiger partial charge is 0.332 e. The van der Waals surface area contributed by atoms with Crippen LogP contribution in [0.15, 0.2) is 47.8 Å². The summed E-state index contributed by atoms with van der Waals surface area (Å²) in [6.07, 6.45) is -3.63. The number of alkyl halides is 3. The van der Waals surface area contributed by atoms with E-state index in [1.165, 1.54) is 17.5 Å². The van der Waals surface area contributed by atoms with Gasteiger partial charge in [0.25, 0.3) is 5.91 Å². The Balaban J connectivity index is 1.66. The highest BCUT2D eigenvalue weighted by Gasteiger charge is 2.36. The van der Waals surface area contributed by atoms with E-state index in [-0.39, 0.29) is 22.1 Å². The highest BCUT2D eigenvalue weighted by molar-refractivity contribution is 7.80. The minimum absolute atomic E-state index is 0.0151. The predicted octanol–water partition coefficient (Wildman–Crippen LogP) is 5.11. The first-order chi connectivity index (χ1) is 16.1. The molecule has 3 aromatic rings. The molecule has 0 aliphatic heterocycles. The van der Waals surface area contributed by atoms with Crippen molar-refractivity contribution in [2.24, 2.45) is 0 Å². The van der Waals surface area contributed by atoms with Crippen molar-refractivity contribution in [1.82, 2.24) is 14.5 Å². The second kappa shape index (κ2) is 11.4. The molecule has 0 saturated heterocycles. The van der Waals surface area contributed by atoms with Crippen molar-refractivity contribution in [3.05, 3.63) is 64.7 Å². The van der Waals surface area contributed by atoms with Gasteiger partial charge in [-0.2, -0.15) is 13.2 Å². The summed E-state index contributed by atoms with van der Waals surface area (Å²) in [4.78, 5) is 14.0. The number of hydrogen-bond acceptors (Lipinski definition) is 6. The molecule has 0 aliphatic carbocycles. The second-order valence-electron chi connectivity index (χ2n) is 7.65. The van der Waals surface area contributed by atoms with Gasteiger partial charge in [-0.25, -0.2) is 0 Å². The van der Waals surface area contributed by atoms with Gasteiger partial charge in [-0.15, -0.1) is 5.10 Å². The number of anilines is 3. The lowest BCUT2D eigenvalue weighted by Gasteiger charge is -2.20. The van der Waals surface area contributed by atoms with E-state index in [4.69, 9.17) is 12.2 Å². The number of nitrogens with zero attached hydrogens (tertiary/aromatic N) is 3. The van der Waals surface area contributed by atoms with Crippen LogP contribution in [0.25, 0.3) is 0 Å². The summed E-state index contributed by atoms with van der Waals surface area (Å²) >= 11 is 6.31. The van der Waals surface area contributed by atoms with E-state index in [0.717, 1.165) is 11.5 Å². The van der Waals surface area contributed by atoms with Gasteiger partial charge >= 0.3 is 6.18 Å². The number of carbonyl (C=O) groups excluding carboxylic acids is 1. The molecule has 1 aromatic heterocycles. The number of hydrogen-bond donors (Lipinski definition) is 3. The van der Waals surface area contributed by atoms with Crippen molar-refractivity contribution in [2.75, 3.05) is 36.6 Å². The first-order valence-corrected chi connectivity index (χ1v) is 11.5. The lowest BCUT2D eigenvalue weighted by atomic mass is 10.00. The van der Waals surface area contributed by atoms with Gasteiger partial charge in [0.05, 0.1) is 11.3 Å². The molecular weight excluding hydrogens is 485 g/mol. The molecule has 0 unspecified atom stereocenters. The van der Waals surface area contributed by atoms with Crippen molar-refractivity contribution in [3.8, 4) is 0 Å². The monoisotopic (exact) mass is 508 g/mol. The van der Waals surface area contributed by atoms with Crippen LogP contribution in [-0.2, 0) is 12.6 Å². The average Bonchev–Trinajstić information content (AvgIpc) is 3.29. The van der Waals surface area contributed by atoms with Crippen LogP contribution in [0.5, 0.6) is 0 Å².